The van der Waals surface area contributed by atoms with Gasteiger partial charge in [-0.2, -0.15) is 0 Å². The van der Waals surface area contributed by atoms with Crippen LogP contribution in [0.3, 0.4) is 0 Å². The van der Waals surface area contributed by atoms with Crippen molar-refractivity contribution in [3.8, 4) is 11.5 Å². The van der Waals surface area contributed by atoms with E-state index in [2.05, 4.69) is 68.7 Å². The van der Waals surface area contributed by atoms with Crippen molar-refractivity contribution in [2.24, 2.45) is 4.99 Å². The molecule has 0 radical (unpaired) electrons. The molecule has 162 valence electrons. The third-order valence-corrected chi connectivity index (χ3v) is 6.65. The van der Waals surface area contributed by atoms with E-state index >= 15 is 0 Å². The second-order valence-electron chi connectivity index (χ2n) is 7.87. The van der Waals surface area contributed by atoms with Crippen LogP contribution in [0, 0.1) is 0 Å². The number of ether oxygens (including phenoxy) is 2. The van der Waals surface area contributed by atoms with Gasteiger partial charge in [-0.05, 0) is 43.2 Å². The average Bonchev–Trinajstić information content (AvgIpc) is 3.43. The van der Waals surface area contributed by atoms with E-state index in [1.165, 1.54) is 10.4 Å². The Morgan fingerprint density at radius 1 is 1.17 bits per heavy atom. The average molecular weight is 430 g/mol. The van der Waals surface area contributed by atoms with Crippen molar-refractivity contribution in [1.82, 2.24) is 20.0 Å². The molecule has 0 aliphatic carbocycles. The minimum Gasteiger partial charge on any atom is -0.454 e. The van der Waals surface area contributed by atoms with E-state index in [0.717, 1.165) is 56.7 Å². The second-order valence-corrected chi connectivity index (χ2v) is 8.85. The van der Waals surface area contributed by atoms with Crippen molar-refractivity contribution in [1.29, 1.82) is 0 Å². The zero-order valence-corrected chi connectivity index (χ0v) is 18.8. The summed E-state index contributed by atoms with van der Waals surface area (Å²) in [7, 11) is 6.13. The van der Waals surface area contributed by atoms with Crippen molar-refractivity contribution in [2.45, 2.75) is 12.6 Å². The lowest BCUT2D eigenvalue weighted by atomic mass is 10.1. The number of hydrogen-bond acceptors (Lipinski definition) is 6. The van der Waals surface area contributed by atoms with E-state index in [1.54, 1.807) is 11.3 Å². The molecule has 3 heterocycles. The molecule has 2 aliphatic rings. The molecule has 1 aromatic carbocycles. The molecule has 1 aromatic heterocycles. The van der Waals surface area contributed by atoms with Gasteiger partial charge >= 0.3 is 0 Å². The monoisotopic (exact) mass is 429 g/mol. The summed E-state index contributed by atoms with van der Waals surface area (Å²) in [5, 5.41) is 5.73. The van der Waals surface area contributed by atoms with Crippen molar-refractivity contribution in [3.63, 3.8) is 0 Å². The predicted octanol–water partition coefficient (Wildman–Crippen LogP) is 2.47. The summed E-state index contributed by atoms with van der Waals surface area (Å²) < 4.78 is 10.9. The zero-order chi connectivity index (χ0) is 20.9. The molecule has 1 atom stereocenters. The van der Waals surface area contributed by atoms with Gasteiger partial charge in [0.15, 0.2) is 17.5 Å². The van der Waals surface area contributed by atoms with Crippen molar-refractivity contribution in [3.05, 3.63) is 46.2 Å². The first-order chi connectivity index (χ1) is 14.6. The van der Waals surface area contributed by atoms with Crippen LogP contribution in [0.5, 0.6) is 11.5 Å². The minimum absolute atomic E-state index is 0.324. The number of likely N-dealkylation sites (N-methyl/N-ethyl adjacent to an activating group) is 1. The molecule has 7 nitrogen and oxygen atoms in total. The molecule has 0 amide bonds. The molecule has 1 saturated heterocycles. The third-order valence-electron chi connectivity index (χ3n) is 5.68. The molecule has 30 heavy (non-hydrogen) atoms. The standard InChI is InChI=1S/C22H31N5O2S/c1-23-22(24-14-18(25(2)3)21-5-4-12-30-21)27-10-8-26(9-11-27)15-17-6-7-19-20(13-17)29-16-28-19/h4-7,12-13,18H,8-11,14-16H2,1-3H3,(H,23,24). The Hall–Kier alpha value is -2.29. The predicted molar refractivity (Wildman–Crippen MR) is 122 cm³/mol. The van der Waals surface area contributed by atoms with Crippen LogP contribution in [0.15, 0.2) is 40.7 Å². The van der Waals surface area contributed by atoms with Gasteiger partial charge in [-0.3, -0.25) is 9.89 Å². The molecule has 1 N–H and O–H groups in total. The lowest BCUT2D eigenvalue weighted by molar-refractivity contribution is 0.170. The highest BCUT2D eigenvalue weighted by Crippen LogP contribution is 2.32. The molecule has 0 saturated carbocycles. The number of guanidine groups is 1. The molecule has 2 aliphatic heterocycles. The van der Waals surface area contributed by atoms with Crippen molar-refractivity contribution < 1.29 is 9.47 Å². The minimum atomic E-state index is 0.324. The largest absolute Gasteiger partial charge is 0.454 e. The van der Waals surface area contributed by atoms with Crippen LogP contribution in [0.1, 0.15) is 16.5 Å². The van der Waals surface area contributed by atoms with Gasteiger partial charge in [0, 0.05) is 51.2 Å². The van der Waals surface area contributed by atoms with E-state index in [-0.39, 0.29) is 0 Å². The molecule has 1 fully saturated rings. The van der Waals surface area contributed by atoms with Gasteiger partial charge in [-0.1, -0.05) is 12.1 Å². The van der Waals surface area contributed by atoms with Gasteiger partial charge in [-0.15, -0.1) is 11.3 Å². The fourth-order valence-corrected chi connectivity index (χ4v) is 4.88. The van der Waals surface area contributed by atoms with Crippen LogP contribution in [0.2, 0.25) is 0 Å². The van der Waals surface area contributed by atoms with Crippen LogP contribution < -0.4 is 14.8 Å². The maximum absolute atomic E-state index is 5.51. The number of piperazine rings is 1. The fraction of sp³-hybridized carbons (Fsp3) is 0.500. The number of nitrogens with one attached hydrogen (secondary N) is 1. The van der Waals surface area contributed by atoms with E-state index in [9.17, 15) is 0 Å². The highest BCUT2D eigenvalue weighted by atomic mass is 32.1. The fourth-order valence-electron chi connectivity index (χ4n) is 3.95. The van der Waals surface area contributed by atoms with E-state index in [4.69, 9.17) is 9.47 Å². The second kappa shape index (κ2) is 9.68. The smallest absolute Gasteiger partial charge is 0.231 e. The highest BCUT2D eigenvalue weighted by Gasteiger charge is 2.22. The molecule has 4 rings (SSSR count). The summed E-state index contributed by atoms with van der Waals surface area (Å²) in [4.78, 5) is 13.0. The highest BCUT2D eigenvalue weighted by molar-refractivity contribution is 7.10. The van der Waals surface area contributed by atoms with Gasteiger partial charge in [-0.25, -0.2) is 0 Å². The van der Waals surface area contributed by atoms with Crippen molar-refractivity contribution >= 4 is 17.3 Å². The van der Waals surface area contributed by atoms with Crippen LogP contribution >= 0.6 is 11.3 Å². The van der Waals surface area contributed by atoms with Gasteiger partial charge < -0.3 is 24.6 Å². The molecular weight excluding hydrogens is 398 g/mol. The molecule has 1 unspecified atom stereocenters. The zero-order valence-electron chi connectivity index (χ0n) is 18.0. The first-order valence-electron chi connectivity index (χ1n) is 10.4. The Morgan fingerprint density at radius 2 is 1.97 bits per heavy atom. The number of aliphatic imine (C=N–C) groups is 1. The summed E-state index contributed by atoms with van der Waals surface area (Å²) in [6.45, 7) is 6.06. The summed E-state index contributed by atoms with van der Waals surface area (Å²) in [6, 6.07) is 10.9. The van der Waals surface area contributed by atoms with Crippen LogP contribution in [0.25, 0.3) is 0 Å². The lowest BCUT2D eigenvalue weighted by Crippen LogP contribution is -2.53. The number of rotatable bonds is 6. The lowest BCUT2D eigenvalue weighted by Gasteiger charge is -2.37. The Balaban J connectivity index is 1.28. The summed E-state index contributed by atoms with van der Waals surface area (Å²) in [5.41, 5.74) is 1.26. The maximum atomic E-state index is 5.51. The van der Waals surface area contributed by atoms with Gasteiger partial charge in [0.25, 0.3) is 0 Å². The molecular formula is C22H31N5O2S. The summed E-state index contributed by atoms with van der Waals surface area (Å²) in [5.74, 6) is 2.69. The summed E-state index contributed by atoms with van der Waals surface area (Å²) >= 11 is 1.80. The first kappa shape index (κ1) is 21.0. The number of thiophene rings is 1. The number of benzene rings is 1. The first-order valence-corrected chi connectivity index (χ1v) is 11.3. The SMILES string of the molecule is CN=C(NCC(c1cccs1)N(C)C)N1CCN(Cc2ccc3c(c2)OCO3)CC1. The third kappa shape index (κ3) is 4.88. The topological polar surface area (TPSA) is 52.6 Å². The normalized spacial score (nSPS) is 18.1. The Kier molecular flexibility index (Phi) is 6.76. The van der Waals surface area contributed by atoms with Crippen LogP contribution in [-0.2, 0) is 6.54 Å². The molecule has 0 bridgehead atoms. The van der Waals surface area contributed by atoms with E-state index in [1.807, 2.05) is 13.1 Å². The quantitative estimate of drug-likeness (QED) is 0.562. The van der Waals surface area contributed by atoms with E-state index in [0.29, 0.717) is 12.8 Å². The molecule has 2 aromatic rings. The Morgan fingerprint density at radius 3 is 2.67 bits per heavy atom. The molecule has 8 heteroatoms. The Labute approximate surface area is 182 Å². The number of nitrogens with zero attached hydrogens (tertiary/aromatic N) is 4. The van der Waals surface area contributed by atoms with Crippen LogP contribution in [0.4, 0.5) is 0 Å². The molecule has 0 spiro atoms. The summed E-state index contributed by atoms with van der Waals surface area (Å²) in [6.07, 6.45) is 0. The van der Waals surface area contributed by atoms with E-state index < -0.39 is 0 Å². The Bertz CT molecular complexity index is 847. The van der Waals surface area contributed by atoms with Crippen molar-refractivity contribution in [2.75, 3.05) is 60.7 Å². The number of hydrogen-bond donors (Lipinski definition) is 1. The van der Waals surface area contributed by atoms with Gasteiger partial charge in [0.2, 0.25) is 6.79 Å². The van der Waals surface area contributed by atoms with Crippen LogP contribution in [-0.4, -0.2) is 81.3 Å². The number of fused-ring (bicyclic) bond motifs is 1. The van der Waals surface area contributed by atoms with Gasteiger partial charge in [0.1, 0.15) is 0 Å². The maximum Gasteiger partial charge on any atom is 0.231 e. The van der Waals surface area contributed by atoms with Gasteiger partial charge in [0.05, 0.1) is 6.04 Å².